The third-order valence-electron chi connectivity index (χ3n) is 5.19. The van der Waals surface area contributed by atoms with Crippen LogP contribution in [0.5, 0.6) is 0 Å². The molecule has 2 saturated heterocycles. The van der Waals surface area contributed by atoms with Gasteiger partial charge in [-0.25, -0.2) is 8.42 Å². The van der Waals surface area contributed by atoms with Crippen LogP contribution in [0.4, 0.5) is 11.4 Å². The second-order valence-corrected chi connectivity index (χ2v) is 9.15. The van der Waals surface area contributed by atoms with E-state index in [4.69, 9.17) is 0 Å². The number of hydrogen-bond acceptors (Lipinski definition) is 5. The van der Waals surface area contributed by atoms with E-state index in [0.29, 0.717) is 18.7 Å². The molecule has 0 spiro atoms. The summed E-state index contributed by atoms with van der Waals surface area (Å²) in [5, 5.41) is 2.88. The number of piperazine rings is 1. The molecule has 144 valence electrons. The number of benzene rings is 1. The standard InChI is InChI=1S/C18H28N4O3S/c1-20-11-13-21(14-12-20)16-8-6-15(7-9-16)19-18(23)17-5-3-4-10-22(17)26(2,24)25/h6-9,17H,3-5,10-14H2,1-2H3,(H,19,23). The number of piperidine rings is 1. The second-order valence-electron chi connectivity index (χ2n) is 7.21. The zero-order valence-electron chi connectivity index (χ0n) is 15.5. The van der Waals surface area contributed by atoms with Gasteiger partial charge in [0.05, 0.1) is 6.26 Å². The topological polar surface area (TPSA) is 73.0 Å². The third-order valence-corrected chi connectivity index (χ3v) is 6.47. The lowest BCUT2D eigenvalue weighted by atomic mass is 10.0. The molecular formula is C18H28N4O3S. The van der Waals surface area contributed by atoms with Gasteiger partial charge in [-0.05, 0) is 44.2 Å². The van der Waals surface area contributed by atoms with Crippen LogP contribution in [0, 0.1) is 0 Å². The quantitative estimate of drug-likeness (QED) is 0.850. The van der Waals surface area contributed by atoms with Crippen LogP contribution in [0.15, 0.2) is 24.3 Å². The molecule has 2 aliphatic rings. The first-order valence-corrected chi connectivity index (χ1v) is 11.0. The first-order valence-electron chi connectivity index (χ1n) is 9.16. The summed E-state index contributed by atoms with van der Waals surface area (Å²) in [5.74, 6) is -0.248. The third kappa shape index (κ3) is 4.55. The van der Waals surface area contributed by atoms with Crippen LogP contribution in [0.2, 0.25) is 0 Å². The van der Waals surface area contributed by atoms with Gasteiger partial charge in [-0.3, -0.25) is 4.79 Å². The summed E-state index contributed by atoms with van der Waals surface area (Å²) in [4.78, 5) is 17.3. The van der Waals surface area contributed by atoms with Crippen molar-refractivity contribution in [2.45, 2.75) is 25.3 Å². The molecular weight excluding hydrogens is 352 g/mol. The largest absolute Gasteiger partial charge is 0.369 e. The molecule has 1 aromatic carbocycles. The van der Waals surface area contributed by atoms with Gasteiger partial charge in [0, 0.05) is 44.1 Å². The molecule has 26 heavy (non-hydrogen) atoms. The van der Waals surface area contributed by atoms with Crippen LogP contribution in [-0.4, -0.2) is 75.6 Å². The van der Waals surface area contributed by atoms with Gasteiger partial charge in [-0.1, -0.05) is 6.42 Å². The van der Waals surface area contributed by atoms with Crippen LogP contribution < -0.4 is 10.2 Å². The fourth-order valence-electron chi connectivity index (χ4n) is 3.61. The number of anilines is 2. The predicted molar refractivity (Wildman–Crippen MR) is 104 cm³/mol. The van der Waals surface area contributed by atoms with Gasteiger partial charge in [0.25, 0.3) is 0 Å². The first-order chi connectivity index (χ1) is 12.3. The van der Waals surface area contributed by atoms with Gasteiger partial charge >= 0.3 is 0 Å². The fraction of sp³-hybridized carbons (Fsp3) is 0.611. The smallest absolute Gasteiger partial charge is 0.242 e. The Hall–Kier alpha value is -1.64. The lowest BCUT2D eigenvalue weighted by Gasteiger charge is -2.34. The number of hydrogen-bond donors (Lipinski definition) is 1. The number of likely N-dealkylation sites (N-methyl/N-ethyl adjacent to an activating group) is 1. The van der Waals surface area contributed by atoms with E-state index in [-0.39, 0.29) is 5.91 Å². The highest BCUT2D eigenvalue weighted by Gasteiger charge is 2.34. The van der Waals surface area contributed by atoms with Crippen molar-refractivity contribution in [2.75, 3.05) is 56.2 Å². The minimum atomic E-state index is -3.38. The summed E-state index contributed by atoms with van der Waals surface area (Å²) in [6, 6.07) is 7.18. The van der Waals surface area contributed by atoms with Crippen LogP contribution in [0.25, 0.3) is 0 Å². The van der Waals surface area contributed by atoms with E-state index in [1.807, 2.05) is 24.3 Å². The highest BCUT2D eigenvalue weighted by atomic mass is 32.2. The van der Waals surface area contributed by atoms with Gasteiger partial charge in [-0.15, -0.1) is 0 Å². The molecule has 2 aliphatic heterocycles. The van der Waals surface area contributed by atoms with Crippen molar-refractivity contribution in [3.8, 4) is 0 Å². The Morgan fingerprint density at radius 3 is 2.31 bits per heavy atom. The van der Waals surface area contributed by atoms with Crippen molar-refractivity contribution < 1.29 is 13.2 Å². The molecule has 0 radical (unpaired) electrons. The lowest BCUT2D eigenvalue weighted by Crippen LogP contribution is -2.49. The molecule has 1 amide bonds. The minimum absolute atomic E-state index is 0.248. The summed E-state index contributed by atoms with van der Waals surface area (Å²) < 4.78 is 25.2. The molecule has 1 aromatic rings. The van der Waals surface area contributed by atoms with Gasteiger partial charge in [0.15, 0.2) is 0 Å². The number of rotatable bonds is 4. The van der Waals surface area contributed by atoms with Crippen molar-refractivity contribution in [1.29, 1.82) is 0 Å². The van der Waals surface area contributed by atoms with Gasteiger partial charge < -0.3 is 15.1 Å². The predicted octanol–water partition coefficient (Wildman–Crippen LogP) is 1.19. The molecule has 0 bridgehead atoms. The fourth-order valence-corrected chi connectivity index (χ4v) is 4.73. The Morgan fingerprint density at radius 2 is 1.69 bits per heavy atom. The van der Waals surface area contributed by atoms with E-state index in [0.717, 1.165) is 44.7 Å². The number of carbonyl (C=O) groups is 1. The molecule has 2 heterocycles. The molecule has 0 aliphatic carbocycles. The highest BCUT2D eigenvalue weighted by Crippen LogP contribution is 2.23. The van der Waals surface area contributed by atoms with Crippen LogP contribution in [0.3, 0.4) is 0 Å². The average Bonchev–Trinajstić information content (AvgIpc) is 2.62. The first kappa shape index (κ1) is 19.1. The monoisotopic (exact) mass is 380 g/mol. The molecule has 0 aromatic heterocycles. The molecule has 1 N–H and O–H groups in total. The van der Waals surface area contributed by atoms with E-state index >= 15 is 0 Å². The Bertz CT molecular complexity index is 727. The zero-order valence-corrected chi connectivity index (χ0v) is 16.3. The van der Waals surface area contributed by atoms with E-state index in [2.05, 4.69) is 22.2 Å². The van der Waals surface area contributed by atoms with Gasteiger partial charge in [0.2, 0.25) is 15.9 Å². The van der Waals surface area contributed by atoms with Crippen LogP contribution in [-0.2, 0) is 14.8 Å². The SMILES string of the molecule is CN1CCN(c2ccc(NC(=O)C3CCCCN3S(C)(=O)=O)cc2)CC1. The van der Waals surface area contributed by atoms with E-state index < -0.39 is 16.1 Å². The van der Waals surface area contributed by atoms with Crippen molar-refractivity contribution in [2.24, 2.45) is 0 Å². The number of nitrogens with zero attached hydrogens (tertiary/aromatic N) is 3. The summed E-state index contributed by atoms with van der Waals surface area (Å²) in [5.41, 5.74) is 1.85. The highest BCUT2D eigenvalue weighted by molar-refractivity contribution is 7.88. The maximum atomic E-state index is 12.6. The summed E-state index contributed by atoms with van der Waals surface area (Å²) >= 11 is 0. The number of amides is 1. The molecule has 7 nitrogen and oxygen atoms in total. The minimum Gasteiger partial charge on any atom is -0.369 e. The average molecular weight is 381 g/mol. The normalized spacial score (nSPS) is 23.0. The summed E-state index contributed by atoms with van der Waals surface area (Å²) in [6.07, 6.45) is 3.41. The molecule has 8 heteroatoms. The van der Waals surface area contributed by atoms with E-state index in [1.165, 1.54) is 10.6 Å². The second kappa shape index (κ2) is 7.94. The van der Waals surface area contributed by atoms with Crippen molar-refractivity contribution in [3.63, 3.8) is 0 Å². The Morgan fingerprint density at radius 1 is 1.04 bits per heavy atom. The summed E-state index contributed by atoms with van der Waals surface area (Å²) in [7, 11) is -1.25. The van der Waals surface area contributed by atoms with E-state index in [9.17, 15) is 13.2 Å². The molecule has 1 unspecified atom stereocenters. The van der Waals surface area contributed by atoms with Crippen LogP contribution >= 0.6 is 0 Å². The number of sulfonamides is 1. The maximum absolute atomic E-state index is 12.6. The molecule has 0 saturated carbocycles. The van der Waals surface area contributed by atoms with Crippen LogP contribution in [0.1, 0.15) is 19.3 Å². The van der Waals surface area contributed by atoms with Crippen molar-refractivity contribution in [1.82, 2.24) is 9.21 Å². The lowest BCUT2D eigenvalue weighted by molar-refractivity contribution is -0.120. The number of carbonyl (C=O) groups excluding carboxylic acids is 1. The Labute approximate surface area is 156 Å². The van der Waals surface area contributed by atoms with Crippen molar-refractivity contribution >= 4 is 27.3 Å². The number of nitrogens with one attached hydrogen (secondary N) is 1. The Kier molecular flexibility index (Phi) is 5.84. The van der Waals surface area contributed by atoms with Crippen molar-refractivity contribution in [3.05, 3.63) is 24.3 Å². The Balaban J connectivity index is 1.64. The maximum Gasteiger partial charge on any atom is 0.242 e. The summed E-state index contributed by atoms with van der Waals surface area (Å²) in [6.45, 7) is 4.49. The molecule has 2 fully saturated rings. The van der Waals surface area contributed by atoms with E-state index in [1.54, 1.807) is 0 Å². The molecule has 1 atom stereocenters. The molecule has 3 rings (SSSR count). The zero-order chi connectivity index (χ0) is 18.7. The van der Waals surface area contributed by atoms with Gasteiger partial charge in [-0.2, -0.15) is 4.31 Å². The van der Waals surface area contributed by atoms with Gasteiger partial charge in [0.1, 0.15) is 6.04 Å².